The average molecular weight is 331 g/mol. The van der Waals surface area contributed by atoms with Gasteiger partial charge in [0.15, 0.2) is 0 Å². The van der Waals surface area contributed by atoms with Crippen molar-refractivity contribution < 1.29 is 20.4 Å². The fourth-order valence-electron chi connectivity index (χ4n) is 1.76. The van der Waals surface area contributed by atoms with Crippen molar-refractivity contribution in [1.29, 1.82) is 0 Å². The third-order valence-electron chi connectivity index (χ3n) is 2.49. The van der Waals surface area contributed by atoms with Gasteiger partial charge in [-0.1, -0.05) is 32.8 Å². The molecule has 0 atom stereocenters. The second-order valence-corrected chi connectivity index (χ2v) is 3.44. The monoisotopic (exact) mass is 332 g/mol. The van der Waals surface area contributed by atoms with Crippen LogP contribution in [0.2, 0.25) is 0 Å². The largest absolute Gasteiger partial charge is 0.186 e. The van der Waals surface area contributed by atoms with Crippen molar-refractivity contribution >= 4 is 0 Å². The van der Waals surface area contributed by atoms with Gasteiger partial charge in [-0.3, -0.25) is 0 Å². The van der Waals surface area contributed by atoms with Crippen LogP contribution < -0.4 is 0 Å². The standard InChI is InChI=1S/C11H13.Re/c1-8-3-5-10-6-4-9(2)11(10)7-8;/h3,5,7H,4,6H2,1-2H3;/q-1;. The maximum Gasteiger partial charge on any atom is 0 e. The van der Waals surface area contributed by atoms with Crippen LogP contribution in [0.5, 0.6) is 0 Å². The quantitative estimate of drug-likeness (QED) is 0.641. The number of benzene rings is 1. The molecule has 0 amide bonds. The van der Waals surface area contributed by atoms with Crippen molar-refractivity contribution in [2.24, 2.45) is 0 Å². The van der Waals surface area contributed by atoms with Crippen molar-refractivity contribution in [3.63, 3.8) is 0 Å². The minimum absolute atomic E-state index is 0. The molecule has 1 aliphatic carbocycles. The zero-order valence-corrected chi connectivity index (χ0v) is 10.2. The van der Waals surface area contributed by atoms with Gasteiger partial charge in [-0.15, -0.1) is 17.2 Å². The van der Waals surface area contributed by atoms with Crippen molar-refractivity contribution in [3.8, 4) is 0 Å². The van der Waals surface area contributed by atoms with Crippen LogP contribution >= 0.6 is 0 Å². The van der Waals surface area contributed by atoms with E-state index < -0.39 is 0 Å². The maximum atomic E-state index is 2.30. The first kappa shape index (κ1) is 9.84. The molecule has 1 radical (unpaired) electrons. The van der Waals surface area contributed by atoms with Crippen molar-refractivity contribution in [2.45, 2.75) is 26.7 Å². The predicted molar refractivity (Wildman–Crippen MR) is 47.5 cm³/mol. The molecule has 0 nitrogen and oxygen atoms in total. The molecule has 1 heteroatoms. The van der Waals surface area contributed by atoms with Gasteiger partial charge in [0.2, 0.25) is 0 Å². The number of fused-ring (bicyclic) bond motifs is 1. The summed E-state index contributed by atoms with van der Waals surface area (Å²) in [5.74, 6) is 1.56. The summed E-state index contributed by atoms with van der Waals surface area (Å²) >= 11 is 0. The van der Waals surface area contributed by atoms with E-state index in [2.05, 4.69) is 32.0 Å². The summed E-state index contributed by atoms with van der Waals surface area (Å²) in [5.41, 5.74) is 4.42. The van der Waals surface area contributed by atoms with Crippen LogP contribution in [0.4, 0.5) is 0 Å². The zero-order chi connectivity index (χ0) is 7.84. The van der Waals surface area contributed by atoms with Gasteiger partial charge in [0, 0.05) is 20.4 Å². The number of aryl methyl sites for hydroxylation is 2. The van der Waals surface area contributed by atoms with Gasteiger partial charge in [-0.25, -0.2) is 0 Å². The third-order valence-corrected chi connectivity index (χ3v) is 2.49. The molecule has 1 aliphatic rings. The van der Waals surface area contributed by atoms with Crippen LogP contribution in [0.15, 0.2) is 18.2 Å². The fraction of sp³-hybridized carbons (Fsp3) is 0.364. The number of hydrogen-bond acceptors (Lipinski definition) is 0. The molecule has 0 bridgehead atoms. The second-order valence-electron chi connectivity index (χ2n) is 3.44. The van der Waals surface area contributed by atoms with E-state index in [1.54, 1.807) is 5.92 Å². The van der Waals surface area contributed by atoms with Crippen LogP contribution in [-0.4, -0.2) is 0 Å². The topological polar surface area (TPSA) is 0 Å². The predicted octanol–water partition coefficient (Wildman–Crippen LogP) is 2.88. The van der Waals surface area contributed by atoms with Crippen LogP contribution in [-0.2, 0) is 26.8 Å². The molecule has 0 aromatic heterocycles. The van der Waals surface area contributed by atoms with Gasteiger partial charge >= 0.3 is 0 Å². The van der Waals surface area contributed by atoms with Crippen LogP contribution in [0, 0.1) is 12.8 Å². The first-order chi connectivity index (χ1) is 5.27. The normalized spacial score (nSPS) is 14.0. The fourth-order valence-corrected chi connectivity index (χ4v) is 1.76. The second kappa shape index (κ2) is 3.64. The van der Waals surface area contributed by atoms with E-state index in [4.69, 9.17) is 0 Å². The molecule has 0 saturated heterocycles. The SMILES string of the molecule is Cc1ccc2c(c1)[C-](C)CC2.[Re]. The van der Waals surface area contributed by atoms with Crippen molar-refractivity contribution in [2.75, 3.05) is 0 Å². The third kappa shape index (κ3) is 1.58. The van der Waals surface area contributed by atoms with E-state index >= 15 is 0 Å². The maximum absolute atomic E-state index is 2.30. The summed E-state index contributed by atoms with van der Waals surface area (Å²) in [6.07, 6.45) is 2.51. The molecule has 1 aromatic rings. The minimum Gasteiger partial charge on any atom is -0.186 e. The Hall–Kier alpha value is -0.248. The van der Waals surface area contributed by atoms with Crippen LogP contribution in [0.25, 0.3) is 0 Å². The Morgan fingerprint density at radius 1 is 1.33 bits per heavy atom. The molecule has 0 unspecified atom stereocenters. The summed E-state index contributed by atoms with van der Waals surface area (Å²) in [6.45, 7) is 4.40. The molecule has 2 rings (SSSR count). The first-order valence-corrected chi connectivity index (χ1v) is 4.20. The first-order valence-electron chi connectivity index (χ1n) is 4.20. The van der Waals surface area contributed by atoms with Gasteiger partial charge < -0.3 is 0 Å². The Morgan fingerprint density at radius 3 is 2.83 bits per heavy atom. The Kier molecular flexibility index (Phi) is 2.99. The zero-order valence-electron chi connectivity index (χ0n) is 7.52. The Morgan fingerprint density at radius 2 is 2.08 bits per heavy atom. The Balaban J connectivity index is 0.000000720. The average Bonchev–Trinajstić information content (AvgIpc) is 2.33. The molecule has 0 heterocycles. The molecule has 12 heavy (non-hydrogen) atoms. The van der Waals surface area contributed by atoms with E-state index in [-0.39, 0.29) is 20.4 Å². The summed E-state index contributed by atoms with van der Waals surface area (Å²) in [4.78, 5) is 0. The molecule has 0 N–H and O–H groups in total. The molecule has 65 valence electrons. The number of hydrogen-bond donors (Lipinski definition) is 0. The molecule has 0 spiro atoms. The summed E-state index contributed by atoms with van der Waals surface area (Å²) in [6, 6.07) is 6.77. The van der Waals surface area contributed by atoms with Crippen molar-refractivity contribution in [3.05, 3.63) is 40.8 Å². The number of rotatable bonds is 0. The molecule has 1 aromatic carbocycles. The summed E-state index contributed by atoms with van der Waals surface area (Å²) < 4.78 is 0. The van der Waals surface area contributed by atoms with Crippen molar-refractivity contribution in [1.82, 2.24) is 0 Å². The molecule has 0 aliphatic heterocycles. The minimum atomic E-state index is 0. The van der Waals surface area contributed by atoms with E-state index in [0.717, 1.165) is 0 Å². The van der Waals surface area contributed by atoms with E-state index in [0.29, 0.717) is 0 Å². The molecular weight excluding hydrogens is 318 g/mol. The van der Waals surface area contributed by atoms with E-state index in [9.17, 15) is 0 Å². The Labute approximate surface area is 88.0 Å². The Bertz CT molecular complexity index is 278. The smallest absolute Gasteiger partial charge is 0 e. The van der Waals surface area contributed by atoms with Crippen LogP contribution in [0.3, 0.4) is 0 Å². The summed E-state index contributed by atoms with van der Waals surface area (Å²) in [7, 11) is 0. The van der Waals surface area contributed by atoms with Crippen LogP contribution in [0.1, 0.15) is 30.0 Å². The van der Waals surface area contributed by atoms with Gasteiger partial charge in [0.25, 0.3) is 0 Å². The van der Waals surface area contributed by atoms with Gasteiger partial charge in [0.05, 0.1) is 0 Å². The van der Waals surface area contributed by atoms with E-state index in [1.165, 1.54) is 29.5 Å². The molecular formula is C11H13Re-. The van der Waals surface area contributed by atoms with E-state index in [1.807, 2.05) is 0 Å². The molecule has 0 saturated carbocycles. The van der Waals surface area contributed by atoms with Gasteiger partial charge in [-0.05, 0) is 0 Å². The summed E-state index contributed by atoms with van der Waals surface area (Å²) in [5, 5.41) is 0. The van der Waals surface area contributed by atoms with Gasteiger partial charge in [-0.2, -0.15) is 17.5 Å². The van der Waals surface area contributed by atoms with Gasteiger partial charge in [0.1, 0.15) is 0 Å². The molecule has 0 fully saturated rings.